The molecule has 0 spiro atoms. The summed E-state index contributed by atoms with van der Waals surface area (Å²) in [6.45, 7) is 10.7. The van der Waals surface area contributed by atoms with E-state index in [2.05, 4.69) is 53.3 Å². The summed E-state index contributed by atoms with van der Waals surface area (Å²) in [4.78, 5) is 20.3. The maximum Gasteiger partial charge on any atom is 0.259 e. The van der Waals surface area contributed by atoms with Crippen LogP contribution in [0, 0.1) is 33.6 Å². The number of amides is 1. The largest absolute Gasteiger partial charge is 0.370 e. The van der Waals surface area contributed by atoms with E-state index in [1.165, 1.54) is 11.1 Å². The molecule has 4 rings (SSSR count). The van der Waals surface area contributed by atoms with Gasteiger partial charge in [-0.25, -0.2) is 0 Å². The highest BCUT2D eigenvalue weighted by Crippen LogP contribution is 2.37. The van der Waals surface area contributed by atoms with E-state index in [1.807, 2.05) is 32.2 Å². The Labute approximate surface area is 190 Å². The van der Waals surface area contributed by atoms with Crippen molar-refractivity contribution >= 4 is 17.3 Å². The van der Waals surface area contributed by atoms with Crippen LogP contribution >= 0.6 is 0 Å². The summed E-state index contributed by atoms with van der Waals surface area (Å²) in [5, 5.41) is 3.10. The van der Waals surface area contributed by atoms with E-state index in [-0.39, 0.29) is 5.91 Å². The maximum absolute atomic E-state index is 13.5. The van der Waals surface area contributed by atoms with E-state index in [0.29, 0.717) is 18.0 Å². The number of carbonyl (C=O) groups excluding carboxylic acids is 1. The molecular formula is C27H32N4O. The first-order chi connectivity index (χ1) is 15.3. The number of nitrogens with two attached hydrogens (primary N) is 1. The quantitative estimate of drug-likeness (QED) is 0.599. The molecule has 2 heterocycles. The molecule has 5 heteroatoms. The number of nitrogens with one attached hydrogen (secondary N) is 1. The van der Waals surface area contributed by atoms with Crippen LogP contribution in [-0.2, 0) is 0 Å². The number of benzene rings is 2. The van der Waals surface area contributed by atoms with Crippen molar-refractivity contribution < 1.29 is 4.79 Å². The molecule has 1 aliphatic rings. The summed E-state index contributed by atoms with van der Waals surface area (Å²) in [5.74, 6) is 0.297. The Morgan fingerprint density at radius 1 is 1.00 bits per heavy atom. The number of anilines is 2. The van der Waals surface area contributed by atoms with Gasteiger partial charge in [0.05, 0.1) is 11.3 Å². The third-order valence-corrected chi connectivity index (χ3v) is 6.11. The second-order valence-corrected chi connectivity index (χ2v) is 9.13. The third-order valence-electron chi connectivity index (χ3n) is 6.11. The number of aromatic nitrogens is 1. The number of hydrogen-bond donors (Lipinski definition) is 2. The molecule has 3 aromatic rings. The molecule has 1 aromatic heterocycles. The predicted molar refractivity (Wildman–Crippen MR) is 132 cm³/mol. The lowest BCUT2D eigenvalue weighted by atomic mass is 9.98. The van der Waals surface area contributed by atoms with Gasteiger partial charge in [0.2, 0.25) is 0 Å². The first-order valence-corrected chi connectivity index (χ1v) is 11.3. The van der Waals surface area contributed by atoms with E-state index in [0.717, 1.165) is 53.1 Å². The van der Waals surface area contributed by atoms with Gasteiger partial charge >= 0.3 is 0 Å². The molecule has 1 amide bonds. The van der Waals surface area contributed by atoms with E-state index in [4.69, 9.17) is 5.73 Å². The number of aryl methyl sites for hydroxylation is 4. The molecule has 2 aromatic carbocycles. The lowest BCUT2D eigenvalue weighted by Gasteiger charge is -2.25. The minimum Gasteiger partial charge on any atom is -0.370 e. The zero-order valence-electron chi connectivity index (χ0n) is 19.4. The van der Waals surface area contributed by atoms with Crippen molar-refractivity contribution in [3.8, 4) is 11.1 Å². The Hall–Kier alpha value is -3.18. The molecule has 1 aliphatic heterocycles. The van der Waals surface area contributed by atoms with Crippen LogP contribution in [0.3, 0.4) is 0 Å². The average molecular weight is 429 g/mol. The van der Waals surface area contributed by atoms with Crippen molar-refractivity contribution in [1.29, 1.82) is 0 Å². The van der Waals surface area contributed by atoms with Crippen LogP contribution in [0.25, 0.3) is 11.1 Å². The SMILES string of the molecule is Cc1cc(C)cc(NC(=O)c2cncc(-c3cc(C)cc(C)c3)c2N2CCC(CN)C2)c1. The smallest absolute Gasteiger partial charge is 0.259 e. The lowest BCUT2D eigenvalue weighted by molar-refractivity contribution is 0.102. The number of hydrogen-bond acceptors (Lipinski definition) is 4. The highest BCUT2D eigenvalue weighted by atomic mass is 16.1. The zero-order chi connectivity index (χ0) is 22.8. The summed E-state index contributed by atoms with van der Waals surface area (Å²) in [5.41, 5.74) is 15.0. The molecule has 1 unspecified atom stereocenters. The van der Waals surface area contributed by atoms with Crippen molar-refractivity contribution in [2.45, 2.75) is 34.1 Å². The summed E-state index contributed by atoms with van der Waals surface area (Å²) in [6.07, 6.45) is 4.60. The van der Waals surface area contributed by atoms with E-state index in [9.17, 15) is 4.79 Å². The van der Waals surface area contributed by atoms with Gasteiger partial charge in [0.25, 0.3) is 5.91 Å². The number of carbonyl (C=O) groups is 1. The Balaban J connectivity index is 1.80. The first-order valence-electron chi connectivity index (χ1n) is 11.3. The van der Waals surface area contributed by atoms with E-state index < -0.39 is 0 Å². The Bertz CT molecular complexity index is 1110. The standard InChI is InChI=1S/C27H32N4O/c1-17-7-18(2)10-22(9-17)24-14-29-15-25(26(24)31-6-5-21(13-28)16-31)27(32)30-23-11-19(3)8-20(4)12-23/h7-12,14-15,21H,5-6,13,16,28H2,1-4H3,(H,30,32). The molecule has 32 heavy (non-hydrogen) atoms. The fourth-order valence-corrected chi connectivity index (χ4v) is 4.78. The van der Waals surface area contributed by atoms with Crippen molar-refractivity contribution in [2.24, 2.45) is 11.7 Å². The molecule has 5 nitrogen and oxygen atoms in total. The number of rotatable bonds is 5. The minimum atomic E-state index is -0.139. The van der Waals surface area contributed by atoms with Gasteiger partial charge in [-0.2, -0.15) is 0 Å². The average Bonchev–Trinajstić information content (AvgIpc) is 3.20. The lowest BCUT2D eigenvalue weighted by Crippen LogP contribution is -2.26. The first kappa shape index (κ1) is 22.0. The summed E-state index contributed by atoms with van der Waals surface area (Å²) in [7, 11) is 0. The van der Waals surface area contributed by atoms with Crippen molar-refractivity contribution in [3.63, 3.8) is 0 Å². The van der Waals surface area contributed by atoms with Crippen molar-refractivity contribution in [3.05, 3.63) is 76.6 Å². The topological polar surface area (TPSA) is 71.2 Å². The van der Waals surface area contributed by atoms with Crippen LogP contribution in [0.5, 0.6) is 0 Å². The summed E-state index contributed by atoms with van der Waals surface area (Å²) >= 11 is 0. The molecule has 3 N–H and O–H groups in total. The Morgan fingerprint density at radius 3 is 2.22 bits per heavy atom. The zero-order valence-corrected chi connectivity index (χ0v) is 19.4. The van der Waals surface area contributed by atoms with Crippen LogP contribution in [0.4, 0.5) is 11.4 Å². The van der Waals surface area contributed by atoms with Gasteiger partial charge in [0, 0.05) is 36.7 Å². The van der Waals surface area contributed by atoms with Crippen LogP contribution in [-0.4, -0.2) is 30.5 Å². The maximum atomic E-state index is 13.5. The molecule has 1 atom stereocenters. The summed E-state index contributed by atoms with van der Waals surface area (Å²) < 4.78 is 0. The number of pyridine rings is 1. The molecule has 1 fully saturated rings. The normalized spacial score (nSPS) is 15.8. The molecule has 166 valence electrons. The van der Waals surface area contributed by atoms with Gasteiger partial charge < -0.3 is 16.0 Å². The van der Waals surface area contributed by atoms with Gasteiger partial charge in [-0.15, -0.1) is 0 Å². The highest BCUT2D eigenvalue weighted by molar-refractivity contribution is 6.10. The highest BCUT2D eigenvalue weighted by Gasteiger charge is 2.28. The summed E-state index contributed by atoms with van der Waals surface area (Å²) in [6, 6.07) is 12.6. The van der Waals surface area contributed by atoms with Crippen LogP contribution in [0.1, 0.15) is 39.0 Å². The second-order valence-electron chi connectivity index (χ2n) is 9.13. The van der Waals surface area contributed by atoms with Gasteiger partial charge in [-0.3, -0.25) is 9.78 Å². The van der Waals surface area contributed by atoms with Gasteiger partial charge in [0.1, 0.15) is 0 Å². The van der Waals surface area contributed by atoms with Gasteiger partial charge in [-0.1, -0.05) is 35.4 Å². The fourth-order valence-electron chi connectivity index (χ4n) is 4.78. The fraction of sp³-hybridized carbons (Fsp3) is 0.333. The van der Waals surface area contributed by atoms with Crippen LogP contribution < -0.4 is 16.0 Å². The van der Waals surface area contributed by atoms with E-state index in [1.54, 1.807) is 6.20 Å². The predicted octanol–water partition coefficient (Wildman–Crippen LogP) is 5.02. The van der Waals surface area contributed by atoms with Crippen LogP contribution in [0.2, 0.25) is 0 Å². The second kappa shape index (κ2) is 9.13. The monoisotopic (exact) mass is 428 g/mol. The third kappa shape index (κ3) is 4.68. The van der Waals surface area contributed by atoms with Crippen molar-refractivity contribution in [1.82, 2.24) is 4.98 Å². The Morgan fingerprint density at radius 2 is 1.62 bits per heavy atom. The molecule has 1 saturated heterocycles. The molecule has 0 aliphatic carbocycles. The molecule has 0 radical (unpaired) electrons. The van der Waals surface area contributed by atoms with Gasteiger partial charge in [-0.05, 0) is 75.4 Å². The Kier molecular flexibility index (Phi) is 6.28. The van der Waals surface area contributed by atoms with E-state index >= 15 is 0 Å². The van der Waals surface area contributed by atoms with Crippen molar-refractivity contribution in [2.75, 3.05) is 29.9 Å². The van der Waals surface area contributed by atoms with Gasteiger partial charge in [0.15, 0.2) is 0 Å². The van der Waals surface area contributed by atoms with Crippen LogP contribution in [0.15, 0.2) is 48.8 Å². The molecule has 0 bridgehead atoms. The molecule has 0 saturated carbocycles. The molecular weight excluding hydrogens is 396 g/mol. The minimum absolute atomic E-state index is 0.139. The number of nitrogens with zero attached hydrogens (tertiary/aromatic N) is 2.